The minimum Gasteiger partial charge on any atom is -0.326 e. The highest BCUT2D eigenvalue weighted by atomic mass is 35.5. The molecule has 2 amide bonds. The molecule has 3 aromatic rings. The van der Waals surface area contributed by atoms with Gasteiger partial charge in [0.1, 0.15) is 5.51 Å². The molecular weight excluding hydrogens is 428 g/mol. The van der Waals surface area contributed by atoms with Gasteiger partial charge in [0.25, 0.3) is 0 Å². The van der Waals surface area contributed by atoms with Crippen molar-refractivity contribution in [2.24, 2.45) is 0 Å². The van der Waals surface area contributed by atoms with Gasteiger partial charge >= 0.3 is 0 Å². The van der Waals surface area contributed by atoms with E-state index in [2.05, 4.69) is 27.4 Å². The second kappa shape index (κ2) is 10.2. The van der Waals surface area contributed by atoms with Crippen LogP contribution < -0.4 is 10.6 Å². The molecular formula is C20H17ClN4O2S2. The van der Waals surface area contributed by atoms with E-state index >= 15 is 0 Å². The molecule has 2 aromatic carbocycles. The van der Waals surface area contributed by atoms with Gasteiger partial charge in [-0.15, -0.1) is 10.2 Å². The van der Waals surface area contributed by atoms with Crippen LogP contribution in [0.2, 0.25) is 5.02 Å². The largest absolute Gasteiger partial charge is 0.326 e. The Kier molecular flexibility index (Phi) is 7.40. The lowest BCUT2D eigenvalue weighted by Gasteiger charge is -2.08. The van der Waals surface area contributed by atoms with Crippen LogP contribution in [0.25, 0.3) is 0 Å². The molecule has 0 aliphatic rings. The molecule has 9 heteroatoms. The Morgan fingerprint density at radius 1 is 1.14 bits per heavy atom. The number of hydrogen-bond acceptors (Lipinski definition) is 6. The standard InChI is InChI=1S/C20H17ClN4O2S2/c1-2-18(26)23-14-6-3-13(4-7-14)5-10-19(27)24-15-8-9-17(16(21)11-15)29-20-25-22-12-28-20/h2-4,6-9,11-12H,1,5,10H2,(H,23,26)(H,24,27). The first-order valence-electron chi connectivity index (χ1n) is 8.59. The van der Waals surface area contributed by atoms with E-state index in [-0.39, 0.29) is 11.8 Å². The Labute approximate surface area is 181 Å². The number of aromatic nitrogens is 2. The molecule has 0 radical (unpaired) electrons. The molecule has 0 aliphatic heterocycles. The van der Waals surface area contributed by atoms with E-state index in [9.17, 15) is 9.59 Å². The minimum atomic E-state index is -0.261. The number of carbonyl (C=O) groups is 2. The van der Waals surface area contributed by atoms with Gasteiger partial charge in [0.15, 0.2) is 4.34 Å². The fraction of sp³-hybridized carbons (Fsp3) is 0.100. The van der Waals surface area contributed by atoms with Gasteiger partial charge in [-0.05, 0) is 48.4 Å². The minimum absolute atomic E-state index is 0.102. The molecule has 1 heterocycles. The van der Waals surface area contributed by atoms with Crippen LogP contribution in [0, 0.1) is 0 Å². The molecule has 0 fully saturated rings. The lowest BCUT2D eigenvalue weighted by molar-refractivity contribution is -0.116. The molecule has 0 aliphatic carbocycles. The number of nitrogens with one attached hydrogen (secondary N) is 2. The fourth-order valence-electron chi connectivity index (χ4n) is 2.39. The van der Waals surface area contributed by atoms with Crippen molar-refractivity contribution in [1.29, 1.82) is 0 Å². The summed E-state index contributed by atoms with van der Waals surface area (Å²) in [5.74, 6) is -0.363. The van der Waals surface area contributed by atoms with Crippen molar-refractivity contribution < 1.29 is 9.59 Å². The maximum atomic E-state index is 12.2. The maximum absolute atomic E-state index is 12.2. The predicted molar refractivity (Wildman–Crippen MR) is 118 cm³/mol. The summed E-state index contributed by atoms with van der Waals surface area (Å²) in [6, 6.07) is 12.7. The van der Waals surface area contributed by atoms with Gasteiger partial charge in [-0.2, -0.15) is 0 Å². The summed E-state index contributed by atoms with van der Waals surface area (Å²) in [6.07, 6.45) is 2.13. The summed E-state index contributed by atoms with van der Waals surface area (Å²) < 4.78 is 0.804. The monoisotopic (exact) mass is 444 g/mol. The van der Waals surface area contributed by atoms with E-state index in [0.29, 0.717) is 29.2 Å². The van der Waals surface area contributed by atoms with Crippen LogP contribution in [0.4, 0.5) is 11.4 Å². The number of nitrogens with zero attached hydrogens (tertiary/aromatic N) is 2. The lowest BCUT2D eigenvalue weighted by Crippen LogP contribution is -2.12. The molecule has 1 aromatic heterocycles. The van der Waals surface area contributed by atoms with Crippen LogP contribution in [0.15, 0.2) is 69.9 Å². The van der Waals surface area contributed by atoms with Crippen LogP contribution in [0.5, 0.6) is 0 Å². The maximum Gasteiger partial charge on any atom is 0.247 e. The topological polar surface area (TPSA) is 84.0 Å². The molecule has 0 unspecified atom stereocenters. The molecule has 0 saturated carbocycles. The van der Waals surface area contributed by atoms with E-state index in [1.165, 1.54) is 29.2 Å². The predicted octanol–water partition coefficient (Wildman–Crippen LogP) is 5.04. The Balaban J connectivity index is 1.51. The van der Waals surface area contributed by atoms with Gasteiger partial charge in [-0.1, -0.05) is 53.4 Å². The van der Waals surface area contributed by atoms with E-state index in [0.717, 1.165) is 14.8 Å². The molecule has 0 saturated heterocycles. The number of carbonyl (C=O) groups excluding carboxylic acids is 2. The Morgan fingerprint density at radius 2 is 1.90 bits per heavy atom. The third-order valence-electron chi connectivity index (χ3n) is 3.80. The van der Waals surface area contributed by atoms with Crippen molar-refractivity contribution in [1.82, 2.24) is 10.2 Å². The third kappa shape index (κ3) is 6.42. The van der Waals surface area contributed by atoms with Crippen molar-refractivity contribution >= 4 is 57.9 Å². The molecule has 3 rings (SSSR count). The summed E-state index contributed by atoms with van der Waals surface area (Å²) in [5, 5.41) is 13.9. The van der Waals surface area contributed by atoms with Crippen molar-refractivity contribution in [3.8, 4) is 0 Å². The Bertz CT molecular complexity index is 1010. The van der Waals surface area contributed by atoms with E-state index in [1.54, 1.807) is 23.7 Å². The molecule has 0 atom stereocenters. The fourth-order valence-corrected chi connectivity index (χ4v) is 4.13. The number of anilines is 2. The number of halogens is 1. The van der Waals surface area contributed by atoms with Gasteiger partial charge in [0.05, 0.1) is 5.02 Å². The van der Waals surface area contributed by atoms with Crippen molar-refractivity contribution in [2.75, 3.05) is 10.6 Å². The van der Waals surface area contributed by atoms with Crippen LogP contribution in [-0.4, -0.2) is 22.0 Å². The van der Waals surface area contributed by atoms with Crippen LogP contribution >= 0.6 is 34.7 Å². The summed E-state index contributed by atoms with van der Waals surface area (Å²) >= 11 is 9.18. The second-order valence-corrected chi connectivity index (χ2v) is 8.42. The zero-order valence-corrected chi connectivity index (χ0v) is 17.6. The third-order valence-corrected chi connectivity index (χ3v) is 6.08. The van der Waals surface area contributed by atoms with Crippen LogP contribution in [0.1, 0.15) is 12.0 Å². The highest BCUT2D eigenvalue weighted by Crippen LogP contribution is 2.35. The zero-order valence-electron chi connectivity index (χ0n) is 15.2. The average Bonchev–Trinajstić information content (AvgIpc) is 3.22. The number of aryl methyl sites for hydroxylation is 1. The number of amides is 2. The van der Waals surface area contributed by atoms with Gasteiger partial charge < -0.3 is 10.6 Å². The van der Waals surface area contributed by atoms with Crippen molar-refractivity contribution in [2.45, 2.75) is 22.1 Å². The Hall–Kier alpha value is -2.68. The Morgan fingerprint density at radius 3 is 2.55 bits per heavy atom. The SMILES string of the molecule is C=CC(=O)Nc1ccc(CCC(=O)Nc2ccc(Sc3nncs3)c(Cl)c2)cc1. The number of benzene rings is 2. The first-order chi connectivity index (χ1) is 14.0. The normalized spacial score (nSPS) is 10.4. The quantitative estimate of drug-likeness (QED) is 0.475. The van der Waals surface area contributed by atoms with Gasteiger partial charge in [-0.3, -0.25) is 9.59 Å². The summed E-state index contributed by atoms with van der Waals surface area (Å²) in [6.45, 7) is 3.41. The van der Waals surface area contributed by atoms with Gasteiger partial charge in [0, 0.05) is 22.7 Å². The molecule has 148 valence electrons. The molecule has 29 heavy (non-hydrogen) atoms. The molecule has 6 nitrogen and oxygen atoms in total. The molecule has 0 spiro atoms. The highest BCUT2D eigenvalue weighted by Gasteiger charge is 2.09. The van der Waals surface area contributed by atoms with E-state index in [1.807, 2.05) is 24.3 Å². The molecule has 0 bridgehead atoms. The molecule has 2 N–H and O–H groups in total. The van der Waals surface area contributed by atoms with Crippen LogP contribution in [-0.2, 0) is 16.0 Å². The smallest absolute Gasteiger partial charge is 0.247 e. The lowest BCUT2D eigenvalue weighted by atomic mass is 10.1. The van der Waals surface area contributed by atoms with E-state index in [4.69, 9.17) is 11.6 Å². The van der Waals surface area contributed by atoms with Crippen LogP contribution in [0.3, 0.4) is 0 Å². The summed E-state index contributed by atoms with van der Waals surface area (Å²) in [7, 11) is 0. The number of rotatable bonds is 8. The summed E-state index contributed by atoms with van der Waals surface area (Å²) in [5.41, 5.74) is 3.99. The van der Waals surface area contributed by atoms with Crippen molar-refractivity contribution in [3.63, 3.8) is 0 Å². The number of hydrogen-bond donors (Lipinski definition) is 2. The average molecular weight is 445 g/mol. The zero-order chi connectivity index (χ0) is 20.6. The summed E-state index contributed by atoms with van der Waals surface area (Å²) in [4.78, 5) is 24.4. The van der Waals surface area contributed by atoms with Gasteiger partial charge in [0.2, 0.25) is 11.8 Å². The van der Waals surface area contributed by atoms with Crippen molar-refractivity contribution in [3.05, 3.63) is 71.2 Å². The first kappa shape index (κ1) is 21.0. The first-order valence-corrected chi connectivity index (χ1v) is 10.7. The van der Waals surface area contributed by atoms with Gasteiger partial charge in [-0.25, -0.2) is 0 Å². The van der Waals surface area contributed by atoms with E-state index < -0.39 is 0 Å². The highest BCUT2D eigenvalue weighted by molar-refractivity contribution is 8.01. The second-order valence-electron chi connectivity index (χ2n) is 5.89.